The van der Waals surface area contributed by atoms with E-state index >= 15 is 0 Å². The number of nitro benzene ring substituents is 1. The van der Waals surface area contributed by atoms with Gasteiger partial charge in [-0.2, -0.15) is 0 Å². The van der Waals surface area contributed by atoms with Crippen LogP contribution in [0.3, 0.4) is 0 Å². The molecule has 0 saturated carbocycles. The topological polar surface area (TPSA) is 221 Å². The van der Waals surface area contributed by atoms with Crippen molar-refractivity contribution < 1.29 is 39.4 Å². The second kappa shape index (κ2) is 13.6. The Hall–Kier alpha value is -4.27. The first-order valence-corrected chi connectivity index (χ1v) is 11.6. The van der Waals surface area contributed by atoms with Crippen LogP contribution in [0, 0.1) is 10.1 Å². The van der Waals surface area contributed by atoms with Crippen molar-refractivity contribution in [1.82, 2.24) is 15.6 Å². The molecule has 0 bridgehead atoms. The van der Waals surface area contributed by atoms with Crippen LogP contribution in [0.4, 0.5) is 15.6 Å². The summed E-state index contributed by atoms with van der Waals surface area (Å²) in [7, 11) is 0. The van der Waals surface area contributed by atoms with Gasteiger partial charge in [0.05, 0.1) is 10.6 Å². The van der Waals surface area contributed by atoms with E-state index in [1.165, 1.54) is 23.5 Å². The third-order valence-corrected chi connectivity index (χ3v) is 5.71. The lowest BCUT2D eigenvalue weighted by Gasteiger charge is -2.18. The average Bonchev–Trinajstić information content (AvgIpc) is 3.29. The van der Waals surface area contributed by atoms with Crippen LogP contribution in [0.15, 0.2) is 29.6 Å². The average molecular weight is 524 g/mol. The van der Waals surface area contributed by atoms with Crippen LogP contribution < -0.4 is 16.0 Å². The lowest BCUT2D eigenvalue weighted by molar-refractivity contribution is -0.384. The Bertz CT molecular complexity index is 1110. The van der Waals surface area contributed by atoms with Crippen molar-refractivity contribution in [3.63, 3.8) is 0 Å². The zero-order valence-corrected chi connectivity index (χ0v) is 19.7. The first kappa shape index (κ1) is 28.0. The number of aliphatic carboxylic acids is 3. The van der Waals surface area contributed by atoms with Gasteiger partial charge in [0.1, 0.15) is 12.1 Å². The van der Waals surface area contributed by atoms with E-state index in [0.29, 0.717) is 35.8 Å². The number of nitro groups is 1. The molecule has 6 N–H and O–H groups in total. The Balaban J connectivity index is 1.78. The number of unbranched alkanes of at least 4 members (excludes halogenated alkanes) is 1. The number of thiazole rings is 1. The Morgan fingerprint density at radius 1 is 1.03 bits per heavy atom. The van der Waals surface area contributed by atoms with Crippen LogP contribution >= 0.6 is 11.3 Å². The molecule has 0 aliphatic heterocycles. The molecule has 0 spiro atoms. The normalized spacial score (nSPS) is 12.2. The summed E-state index contributed by atoms with van der Waals surface area (Å²) in [5, 5.41) is 47.7. The number of nitrogens with zero attached hydrogens (tertiary/aromatic N) is 2. The van der Waals surface area contributed by atoms with E-state index < -0.39 is 47.4 Å². The molecule has 1 aromatic heterocycles. The molecule has 14 nitrogen and oxygen atoms in total. The van der Waals surface area contributed by atoms with Crippen LogP contribution in [0.2, 0.25) is 0 Å². The summed E-state index contributed by atoms with van der Waals surface area (Å²) in [6, 6.07) is 2.36. The van der Waals surface area contributed by atoms with Gasteiger partial charge < -0.3 is 31.3 Å². The molecule has 1 aromatic carbocycles. The van der Waals surface area contributed by atoms with Gasteiger partial charge in [-0.1, -0.05) is 12.1 Å². The molecule has 2 amide bonds. The molecular weight excluding hydrogens is 498 g/mol. The number of nitrogens with one attached hydrogen (secondary N) is 3. The number of benzene rings is 1. The Labute approximate surface area is 208 Å². The number of aromatic nitrogens is 1. The maximum atomic E-state index is 12.0. The highest BCUT2D eigenvalue weighted by molar-refractivity contribution is 7.14. The summed E-state index contributed by atoms with van der Waals surface area (Å²) in [5.74, 6) is -3.95. The number of urea groups is 1. The van der Waals surface area contributed by atoms with Crippen LogP contribution in [-0.4, -0.2) is 67.8 Å². The number of carboxylic acid groups (broad SMARTS) is 3. The predicted octanol–water partition coefficient (Wildman–Crippen LogP) is 2.37. The molecule has 0 saturated heterocycles. The number of carboxylic acids is 3. The molecule has 2 aromatic rings. The number of hydrogen-bond acceptors (Lipinski definition) is 9. The molecule has 2 rings (SSSR count). The maximum absolute atomic E-state index is 12.0. The Kier molecular flexibility index (Phi) is 10.5. The lowest BCUT2D eigenvalue weighted by Crippen LogP contribution is -2.51. The third kappa shape index (κ3) is 9.17. The van der Waals surface area contributed by atoms with Gasteiger partial charge in [-0.3, -0.25) is 14.9 Å². The number of anilines is 1. The molecule has 0 fully saturated rings. The smallest absolute Gasteiger partial charge is 0.326 e. The number of hydrogen-bond donors (Lipinski definition) is 6. The van der Waals surface area contributed by atoms with Crippen molar-refractivity contribution in [2.45, 2.75) is 44.2 Å². The first-order chi connectivity index (χ1) is 17.1. The lowest BCUT2D eigenvalue weighted by atomic mass is 10.1. The van der Waals surface area contributed by atoms with E-state index in [-0.39, 0.29) is 18.5 Å². The SMILES string of the molecule is O=C(O)CCC(NC(=O)N[C@@H](CCCCNc1nc(-c2cccc([N+](=O)[O-])c2)cs1)C(=O)O)C(=O)O. The van der Waals surface area contributed by atoms with Crippen LogP contribution in [0.1, 0.15) is 32.1 Å². The summed E-state index contributed by atoms with van der Waals surface area (Å²) < 4.78 is 0. The molecule has 2 atom stereocenters. The zero-order valence-electron chi connectivity index (χ0n) is 18.9. The number of non-ortho nitro benzene ring substituents is 1. The number of amides is 2. The van der Waals surface area contributed by atoms with Gasteiger partial charge in [-0.05, 0) is 25.7 Å². The summed E-state index contributed by atoms with van der Waals surface area (Å²) >= 11 is 1.31. The van der Waals surface area contributed by atoms with Crippen molar-refractivity contribution in [3.8, 4) is 11.3 Å². The minimum Gasteiger partial charge on any atom is -0.481 e. The van der Waals surface area contributed by atoms with Crippen molar-refractivity contribution in [3.05, 3.63) is 39.8 Å². The number of carbonyl (C=O) groups is 4. The standard InChI is InChI=1S/C21H25N5O9S/c27-17(28)8-7-15(19(31)32)24-20(33)23-14(18(29)30)6-1-2-9-22-21-25-16(11-36-21)12-4-3-5-13(10-12)26(34)35/h3-5,10-11,14-15H,1-2,6-9H2,(H,22,25)(H,27,28)(H,29,30)(H,31,32)(H2,23,24,33)/t14-,15?/m0/s1. The van der Waals surface area contributed by atoms with Crippen molar-refractivity contribution in [1.29, 1.82) is 0 Å². The first-order valence-electron chi connectivity index (χ1n) is 10.8. The minimum atomic E-state index is -1.47. The van der Waals surface area contributed by atoms with E-state index in [1.54, 1.807) is 17.5 Å². The molecule has 1 heterocycles. The minimum absolute atomic E-state index is 0.0379. The van der Waals surface area contributed by atoms with E-state index in [0.717, 1.165) is 0 Å². The van der Waals surface area contributed by atoms with Crippen molar-refractivity contribution >= 4 is 46.1 Å². The van der Waals surface area contributed by atoms with E-state index in [2.05, 4.69) is 20.9 Å². The fourth-order valence-corrected chi connectivity index (χ4v) is 3.82. The highest BCUT2D eigenvalue weighted by Crippen LogP contribution is 2.27. The Morgan fingerprint density at radius 3 is 2.31 bits per heavy atom. The molecule has 194 valence electrons. The number of carbonyl (C=O) groups excluding carboxylic acids is 1. The molecule has 0 radical (unpaired) electrons. The zero-order chi connectivity index (χ0) is 26.7. The number of rotatable bonds is 15. The summed E-state index contributed by atoms with van der Waals surface area (Å²) in [5.41, 5.74) is 1.15. The molecule has 36 heavy (non-hydrogen) atoms. The Morgan fingerprint density at radius 2 is 1.69 bits per heavy atom. The summed E-state index contributed by atoms with van der Waals surface area (Å²) in [6.45, 7) is 0.455. The molecule has 0 aliphatic carbocycles. The van der Waals surface area contributed by atoms with Gasteiger partial charge in [0.25, 0.3) is 5.69 Å². The van der Waals surface area contributed by atoms with Gasteiger partial charge in [0, 0.05) is 36.0 Å². The summed E-state index contributed by atoms with van der Waals surface area (Å²) in [6.07, 6.45) is 0.206. The van der Waals surface area contributed by atoms with Gasteiger partial charge in [0.2, 0.25) is 0 Å². The maximum Gasteiger partial charge on any atom is 0.326 e. The molecule has 1 unspecified atom stereocenters. The van der Waals surface area contributed by atoms with Gasteiger partial charge >= 0.3 is 23.9 Å². The van der Waals surface area contributed by atoms with E-state index in [1.807, 2.05) is 0 Å². The highest BCUT2D eigenvalue weighted by Gasteiger charge is 2.24. The highest BCUT2D eigenvalue weighted by atomic mass is 32.1. The van der Waals surface area contributed by atoms with E-state index in [9.17, 15) is 34.4 Å². The molecular formula is C21H25N5O9S. The molecule has 0 aliphatic rings. The van der Waals surface area contributed by atoms with Crippen LogP contribution in [0.25, 0.3) is 11.3 Å². The second-order valence-corrected chi connectivity index (χ2v) is 8.46. The second-order valence-electron chi connectivity index (χ2n) is 7.60. The van der Waals surface area contributed by atoms with Crippen LogP contribution in [-0.2, 0) is 14.4 Å². The van der Waals surface area contributed by atoms with Gasteiger partial charge in [-0.25, -0.2) is 19.4 Å². The van der Waals surface area contributed by atoms with Gasteiger partial charge in [0.15, 0.2) is 5.13 Å². The fourth-order valence-electron chi connectivity index (χ4n) is 3.08. The third-order valence-electron chi connectivity index (χ3n) is 4.91. The van der Waals surface area contributed by atoms with Crippen molar-refractivity contribution in [2.75, 3.05) is 11.9 Å². The predicted molar refractivity (Wildman–Crippen MR) is 128 cm³/mol. The van der Waals surface area contributed by atoms with Crippen LogP contribution in [0.5, 0.6) is 0 Å². The summed E-state index contributed by atoms with van der Waals surface area (Å²) in [4.78, 5) is 60.1. The quantitative estimate of drug-likeness (QED) is 0.113. The monoisotopic (exact) mass is 523 g/mol. The van der Waals surface area contributed by atoms with Crippen molar-refractivity contribution in [2.24, 2.45) is 0 Å². The largest absolute Gasteiger partial charge is 0.481 e. The van der Waals surface area contributed by atoms with E-state index in [4.69, 9.17) is 10.2 Å². The molecule has 15 heteroatoms. The fraction of sp³-hybridized carbons (Fsp3) is 0.381. The van der Waals surface area contributed by atoms with Gasteiger partial charge in [-0.15, -0.1) is 11.3 Å².